The molecule has 3 aromatic rings. The molecule has 2 aliphatic heterocycles. The number of carbonyl (C=O) groups is 1. The summed E-state index contributed by atoms with van der Waals surface area (Å²) in [6, 6.07) is 8.45. The lowest BCUT2D eigenvalue weighted by atomic mass is 10.1. The maximum absolute atomic E-state index is 13.1. The quantitative estimate of drug-likeness (QED) is 0.662. The summed E-state index contributed by atoms with van der Waals surface area (Å²) in [5, 5.41) is 7.77. The smallest absolute Gasteiger partial charge is 0.249 e. The molecule has 0 bridgehead atoms. The Morgan fingerprint density at radius 2 is 2.00 bits per heavy atom. The van der Waals surface area contributed by atoms with Crippen LogP contribution in [0.25, 0.3) is 0 Å². The van der Waals surface area contributed by atoms with Gasteiger partial charge in [0.05, 0.1) is 30.3 Å². The number of pyridine rings is 1. The lowest BCUT2D eigenvalue weighted by molar-refractivity contribution is -0.119. The van der Waals surface area contributed by atoms with Crippen molar-refractivity contribution in [2.45, 2.75) is 38.9 Å². The van der Waals surface area contributed by atoms with Crippen LogP contribution in [0.4, 0.5) is 21.6 Å². The number of benzene rings is 1. The van der Waals surface area contributed by atoms with Crippen molar-refractivity contribution < 1.29 is 9.18 Å². The molecule has 1 atom stereocenters. The van der Waals surface area contributed by atoms with Gasteiger partial charge in [0.15, 0.2) is 0 Å². The zero-order valence-corrected chi connectivity index (χ0v) is 17.5. The van der Waals surface area contributed by atoms with Gasteiger partial charge in [-0.1, -0.05) is 12.1 Å². The predicted molar refractivity (Wildman–Crippen MR) is 118 cm³/mol. The first-order valence-electron chi connectivity index (χ1n) is 10.7. The van der Waals surface area contributed by atoms with Gasteiger partial charge in [-0.05, 0) is 37.5 Å². The van der Waals surface area contributed by atoms with Crippen LogP contribution in [0.5, 0.6) is 0 Å². The minimum Gasteiger partial charge on any atom is -0.366 e. The molecule has 31 heavy (non-hydrogen) atoms. The lowest BCUT2D eigenvalue weighted by Gasteiger charge is -2.39. The Morgan fingerprint density at radius 3 is 2.81 bits per heavy atom. The molecule has 2 aliphatic rings. The van der Waals surface area contributed by atoms with E-state index < -0.39 is 0 Å². The number of carbonyl (C=O) groups excluding carboxylic acids is 1. The summed E-state index contributed by atoms with van der Waals surface area (Å²) in [6.45, 7) is 4.74. The molecule has 0 spiro atoms. The Balaban J connectivity index is 1.29. The van der Waals surface area contributed by atoms with Crippen molar-refractivity contribution in [3.63, 3.8) is 0 Å². The fourth-order valence-corrected chi connectivity index (χ4v) is 4.46. The van der Waals surface area contributed by atoms with Crippen LogP contribution in [0, 0.1) is 5.82 Å². The number of amides is 1. The van der Waals surface area contributed by atoms with E-state index in [1.807, 2.05) is 35.0 Å². The molecular formula is C23H25FN6O. The van der Waals surface area contributed by atoms with Crippen molar-refractivity contribution in [3.8, 4) is 0 Å². The van der Waals surface area contributed by atoms with Gasteiger partial charge < -0.3 is 15.1 Å². The Morgan fingerprint density at radius 1 is 1.16 bits per heavy atom. The maximum atomic E-state index is 13.1. The van der Waals surface area contributed by atoms with E-state index in [1.54, 1.807) is 18.3 Å². The van der Waals surface area contributed by atoms with Crippen LogP contribution in [-0.4, -0.2) is 39.8 Å². The summed E-state index contributed by atoms with van der Waals surface area (Å²) in [5.41, 5.74) is 4.00. The maximum Gasteiger partial charge on any atom is 0.249 e. The van der Waals surface area contributed by atoms with Crippen LogP contribution in [0.2, 0.25) is 0 Å². The summed E-state index contributed by atoms with van der Waals surface area (Å²) in [7, 11) is 0. The van der Waals surface area contributed by atoms with E-state index in [1.165, 1.54) is 12.1 Å². The molecule has 0 radical (unpaired) electrons. The van der Waals surface area contributed by atoms with Crippen molar-refractivity contribution in [1.82, 2.24) is 14.8 Å². The molecule has 1 aromatic carbocycles. The topological polar surface area (TPSA) is 66.3 Å². The molecule has 1 fully saturated rings. The second kappa shape index (κ2) is 8.02. The Hall–Kier alpha value is -3.42. The highest BCUT2D eigenvalue weighted by molar-refractivity contribution is 6.06. The van der Waals surface area contributed by atoms with Gasteiger partial charge in [-0.2, -0.15) is 5.10 Å². The van der Waals surface area contributed by atoms with Crippen molar-refractivity contribution in [2.75, 3.05) is 28.2 Å². The summed E-state index contributed by atoms with van der Waals surface area (Å²) in [6.07, 6.45) is 7.54. The molecule has 1 saturated heterocycles. The molecule has 1 N–H and O–H groups in total. The van der Waals surface area contributed by atoms with Gasteiger partial charge in [0.1, 0.15) is 17.7 Å². The van der Waals surface area contributed by atoms with Crippen molar-refractivity contribution >= 4 is 23.1 Å². The summed E-state index contributed by atoms with van der Waals surface area (Å²) >= 11 is 0. The molecule has 8 heteroatoms. The normalized spacial score (nSPS) is 17.6. The predicted octanol–water partition coefficient (Wildman–Crippen LogP) is 3.41. The van der Waals surface area contributed by atoms with Crippen LogP contribution < -0.4 is 15.1 Å². The average Bonchev–Trinajstić information content (AvgIpc) is 3.44. The van der Waals surface area contributed by atoms with E-state index in [2.05, 4.69) is 20.3 Å². The fraction of sp³-hybridized carbons (Fsp3) is 0.348. The van der Waals surface area contributed by atoms with E-state index in [0.717, 1.165) is 47.7 Å². The first-order valence-corrected chi connectivity index (χ1v) is 10.7. The summed E-state index contributed by atoms with van der Waals surface area (Å²) in [5.74, 6) is 0.725. The average molecular weight is 420 g/mol. The van der Waals surface area contributed by atoms with Crippen molar-refractivity contribution in [2.24, 2.45) is 0 Å². The molecule has 7 nitrogen and oxygen atoms in total. The Labute approximate surface area is 180 Å². The first kappa shape index (κ1) is 19.5. The van der Waals surface area contributed by atoms with Gasteiger partial charge >= 0.3 is 0 Å². The molecule has 2 aromatic heterocycles. The zero-order valence-electron chi connectivity index (χ0n) is 17.5. The number of fused-ring (bicyclic) bond motifs is 3. The standard InChI is InChI=1S/C23H25FN6O/c1-2-29-21-13-26-22(10-20(21)30-9-3-4-19(30)23(29)31)25-11-17-12-27-28(15-17)14-16-5-7-18(24)8-6-16/h5-8,10,12-13,15,19H,2-4,9,11,14H2,1H3,(H,25,26). The van der Waals surface area contributed by atoms with Crippen LogP contribution in [0.15, 0.2) is 48.9 Å². The largest absolute Gasteiger partial charge is 0.366 e. The number of likely N-dealkylation sites (N-methyl/N-ethyl adjacent to an activating group) is 1. The van der Waals surface area contributed by atoms with Gasteiger partial charge in [0.2, 0.25) is 5.91 Å². The molecule has 4 heterocycles. The first-order chi connectivity index (χ1) is 15.1. The summed E-state index contributed by atoms with van der Waals surface area (Å²) < 4.78 is 14.9. The van der Waals surface area contributed by atoms with Gasteiger partial charge in [-0.25, -0.2) is 9.37 Å². The Bertz CT molecular complexity index is 1100. The number of nitrogens with zero attached hydrogens (tertiary/aromatic N) is 5. The van der Waals surface area contributed by atoms with Gasteiger partial charge in [-0.15, -0.1) is 0 Å². The van der Waals surface area contributed by atoms with E-state index in [-0.39, 0.29) is 17.8 Å². The minimum atomic E-state index is -0.238. The van der Waals surface area contributed by atoms with Gasteiger partial charge in [-0.3, -0.25) is 9.48 Å². The molecule has 1 unspecified atom stereocenters. The molecule has 160 valence electrons. The van der Waals surface area contributed by atoms with Gasteiger partial charge in [0.25, 0.3) is 0 Å². The lowest BCUT2D eigenvalue weighted by Crippen LogP contribution is -2.50. The van der Waals surface area contributed by atoms with Crippen LogP contribution in [0.3, 0.4) is 0 Å². The summed E-state index contributed by atoms with van der Waals surface area (Å²) in [4.78, 5) is 21.4. The van der Waals surface area contributed by atoms with Gasteiger partial charge in [0, 0.05) is 37.5 Å². The SMILES string of the molecule is CCN1C(=O)C2CCCN2c2cc(NCc3cnn(Cc4ccc(F)cc4)c3)ncc21. The number of hydrogen-bond acceptors (Lipinski definition) is 5. The highest BCUT2D eigenvalue weighted by atomic mass is 19.1. The van der Waals surface area contributed by atoms with Crippen molar-refractivity contribution in [1.29, 1.82) is 0 Å². The van der Waals surface area contributed by atoms with Crippen LogP contribution in [0.1, 0.15) is 30.9 Å². The van der Waals surface area contributed by atoms with E-state index in [4.69, 9.17) is 0 Å². The number of halogens is 1. The molecule has 0 aliphatic carbocycles. The zero-order chi connectivity index (χ0) is 21.4. The van der Waals surface area contributed by atoms with E-state index in [9.17, 15) is 9.18 Å². The number of hydrogen-bond donors (Lipinski definition) is 1. The third kappa shape index (κ3) is 3.73. The number of rotatable bonds is 6. The number of anilines is 3. The number of aromatic nitrogens is 3. The highest BCUT2D eigenvalue weighted by Gasteiger charge is 2.40. The minimum absolute atomic E-state index is 0.0487. The fourth-order valence-electron chi connectivity index (χ4n) is 4.46. The molecule has 0 saturated carbocycles. The molecular weight excluding hydrogens is 395 g/mol. The number of nitrogens with one attached hydrogen (secondary N) is 1. The van der Waals surface area contributed by atoms with Crippen LogP contribution >= 0.6 is 0 Å². The third-order valence-corrected chi connectivity index (χ3v) is 6.00. The monoisotopic (exact) mass is 420 g/mol. The highest BCUT2D eigenvalue weighted by Crippen LogP contribution is 2.40. The second-order valence-corrected chi connectivity index (χ2v) is 8.02. The Kier molecular flexibility index (Phi) is 5.05. The molecule has 1 amide bonds. The molecule has 5 rings (SSSR count). The van der Waals surface area contributed by atoms with E-state index in [0.29, 0.717) is 19.6 Å². The van der Waals surface area contributed by atoms with Crippen LogP contribution in [-0.2, 0) is 17.9 Å². The van der Waals surface area contributed by atoms with E-state index >= 15 is 0 Å². The second-order valence-electron chi connectivity index (χ2n) is 8.02. The third-order valence-electron chi connectivity index (χ3n) is 6.00. The van der Waals surface area contributed by atoms with Crippen molar-refractivity contribution in [3.05, 3.63) is 65.9 Å².